The number of hydrogen-bond acceptors (Lipinski definition) is 4. The van der Waals surface area contributed by atoms with E-state index in [4.69, 9.17) is 9.57 Å². The molecular weight excluding hydrogens is 172 g/mol. The molecule has 1 saturated heterocycles. The fraction of sp³-hybridized carbons (Fsp3) is 0.875. The van der Waals surface area contributed by atoms with Crippen molar-refractivity contribution in [2.24, 2.45) is 0 Å². The van der Waals surface area contributed by atoms with Crippen molar-refractivity contribution < 1.29 is 14.4 Å². The summed E-state index contributed by atoms with van der Waals surface area (Å²) in [7, 11) is 3.18. The van der Waals surface area contributed by atoms with E-state index in [1.165, 1.54) is 7.11 Å². The van der Waals surface area contributed by atoms with E-state index < -0.39 is 0 Å². The number of ether oxygens (including phenoxy) is 1. The molecule has 13 heavy (non-hydrogen) atoms. The number of carbonyl (C=O) groups is 1. The third-order valence-electron chi connectivity index (χ3n) is 2.12. The van der Waals surface area contributed by atoms with Crippen LogP contribution in [0.3, 0.4) is 0 Å². The van der Waals surface area contributed by atoms with Gasteiger partial charge in [-0.1, -0.05) is 0 Å². The molecule has 0 bridgehead atoms. The Morgan fingerprint density at radius 3 is 2.31 bits per heavy atom. The molecule has 0 saturated carbocycles. The number of piperazine rings is 1. The Hall–Kier alpha value is -0.650. The van der Waals surface area contributed by atoms with Crippen molar-refractivity contribution >= 4 is 5.91 Å². The molecule has 1 amide bonds. The topological polar surface area (TPSA) is 42.0 Å². The summed E-state index contributed by atoms with van der Waals surface area (Å²) in [5, 5.41) is 1.84. The molecule has 76 valence electrons. The lowest BCUT2D eigenvalue weighted by molar-refractivity contribution is -0.163. The molecule has 1 fully saturated rings. The van der Waals surface area contributed by atoms with Crippen LogP contribution in [-0.4, -0.2) is 62.9 Å². The summed E-state index contributed by atoms with van der Waals surface area (Å²) >= 11 is 0. The molecule has 1 heterocycles. The summed E-state index contributed by atoms with van der Waals surface area (Å²) in [5.74, 6) is 0.0539. The van der Waals surface area contributed by atoms with E-state index in [0.29, 0.717) is 0 Å². The van der Waals surface area contributed by atoms with Gasteiger partial charge in [-0.05, 0) is 0 Å². The van der Waals surface area contributed by atoms with Crippen LogP contribution in [0.4, 0.5) is 0 Å². The molecule has 1 rings (SSSR count). The highest BCUT2D eigenvalue weighted by atomic mass is 16.7. The second-order valence-electron chi connectivity index (χ2n) is 2.93. The molecule has 1 aliphatic heterocycles. The maximum absolute atomic E-state index is 11.3. The van der Waals surface area contributed by atoms with E-state index in [1.54, 1.807) is 12.0 Å². The van der Waals surface area contributed by atoms with Gasteiger partial charge in [0.1, 0.15) is 6.61 Å². The van der Waals surface area contributed by atoms with E-state index in [-0.39, 0.29) is 12.5 Å². The largest absolute Gasteiger partial charge is 0.375 e. The van der Waals surface area contributed by atoms with Crippen LogP contribution in [-0.2, 0) is 14.4 Å². The van der Waals surface area contributed by atoms with Gasteiger partial charge in [-0.25, -0.2) is 0 Å². The van der Waals surface area contributed by atoms with E-state index in [2.05, 4.69) is 0 Å². The molecule has 0 N–H and O–H groups in total. The van der Waals surface area contributed by atoms with Gasteiger partial charge in [0, 0.05) is 33.3 Å². The monoisotopic (exact) mass is 188 g/mol. The lowest BCUT2D eigenvalue weighted by Gasteiger charge is -2.32. The highest BCUT2D eigenvalue weighted by molar-refractivity contribution is 5.77. The van der Waals surface area contributed by atoms with Crippen molar-refractivity contribution in [3.63, 3.8) is 0 Å². The molecule has 0 spiro atoms. The van der Waals surface area contributed by atoms with Gasteiger partial charge in [-0.3, -0.25) is 4.79 Å². The highest BCUT2D eigenvalue weighted by Gasteiger charge is 2.20. The van der Waals surface area contributed by atoms with Crippen molar-refractivity contribution in [3.05, 3.63) is 0 Å². The molecule has 0 unspecified atom stereocenters. The molecule has 1 aliphatic rings. The molecule has 5 heteroatoms. The van der Waals surface area contributed by atoms with Gasteiger partial charge in [0.25, 0.3) is 0 Å². The summed E-state index contributed by atoms with van der Waals surface area (Å²) in [4.78, 5) is 18.2. The van der Waals surface area contributed by atoms with Gasteiger partial charge in [0.2, 0.25) is 5.91 Å². The highest BCUT2D eigenvalue weighted by Crippen LogP contribution is 2.01. The van der Waals surface area contributed by atoms with Gasteiger partial charge in [-0.15, -0.1) is 0 Å². The van der Waals surface area contributed by atoms with Crippen LogP contribution in [0.2, 0.25) is 0 Å². The van der Waals surface area contributed by atoms with Crippen molar-refractivity contribution in [2.75, 3.05) is 47.0 Å². The Kier molecular flexibility index (Phi) is 4.14. The molecule has 5 nitrogen and oxygen atoms in total. The Balaban J connectivity index is 2.28. The SMILES string of the molecule is COCC(=O)N1CCN(OC)CC1. The van der Waals surface area contributed by atoms with Crippen LogP contribution in [0.25, 0.3) is 0 Å². The maximum atomic E-state index is 11.3. The molecule has 0 atom stereocenters. The third-order valence-corrected chi connectivity index (χ3v) is 2.12. The zero-order valence-electron chi connectivity index (χ0n) is 8.15. The first-order chi connectivity index (χ1) is 6.27. The Morgan fingerprint density at radius 1 is 1.23 bits per heavy atom. The quantitative estimate of drug-likeness (QED) is 0.589. The zero-order valence-corrected chi connectivity index (χ0v) is 8.15. The van der Waals surface area contributed by atoms with E-state index in [1.807, 2.05) is 5.06 Å². The summed E-state index contributed by atoms with van der Waals surface area (Å²) in [5.41, 5.74) is 0. The van der Waals surface area contributed by atoms with Crippen molar-refractivity contribution in [1.29, 1.82) is 0 Å². The minimum atomic E-state index is 0.0539. The molecular formula is C8H16N2O3. The number of carbonyl (C=O) groups excluding carboxylic acids is 1. The fourth-order valence-corrected chi connectivity index (χ4v) is 1.33. The van der Waals surface area contributed by atoms with Gasteiger partial charge in [0.05, 0.1) is 7.11 Å². The first kappa shape index (κ1) is 10.4. The lowest BCUT2D eigenvalue weighted by Crippen LogP contribution is -2.49. The average Bonchev–Trinajstić information content (AvgIpc) is 2.18. The Bertz CT molecular complexity index is 167. The minimum absolute atomic E-state index is 0.0539. The minimum Gasteiger partial charge on any atom is -0.375 e. The smallest absolute Gasteiger partial charge is 0.248 e. The summed E-state index contributed by atoms with van der Waals surface area (Å²) < 4.78 is 4.77. The predicted octanol–water partition coefficient (Wildman–Crippen LogP) is -0.662. The molecule has 0 radical (unpaired) electrons. The average molecular weight is 188 g/mol. The fourth-order valence-electron chi connectivity index (χ4n) is 1.33. The zero-order chi connectivity index (χ0) is 9.68. The van der Waals surface area contributed by atoms with Crippen LogP contribution in [0.5, 0.6) is 0 Å². The maximum Gasteiger partial charge on any atom is 0.248 e. The third kappa shape index (κ3) is 2.95. The van der Waals surface area contributed by atoms with Crippen LogP contribution in [0.15, 0.2) is 0 Å². The van der Waals surface area contributed by atoms with E-state index in [0.717, 1.165) is 26.2 Å². The molecule has 0 aromatic rings. The van der Waals surface area contributed by atoms with Gasteiger partial charge in [0.15, 0.2) is 0 Å². The van der Waals surface area contributed by atoms with E-state index in [9.17, 15) is 4.79 Å². The number of amides is 1. The van der Waals surface area contributed by atoms with Crippen molar-refractivity contribution in [1.82, 2.24) is 9.96 Å². The second-order valence-corrected chi connectivity index (χ2v) is 2.93. The molecule has 0 aromatic heterocycles. The van der Waals surface area contributed by atoms with Crippen molar-refractivity contribution in [3.8, 4) is 0 Å². The van der Waals surface area contributed by atoms with Gasteiger partial charge < -0.3 is 14.5 Å². The van der Waals surface area contributed by atoms with Crippen LogP contribution in [0.1, 0.15) is 0 Å². The Labute approximate surface area is 78.2 Å². The summed E-state index contributed by atoms with van der Waals surface area (Å²) in [6, 6.07) is 0. The summed E-state index contributed by atoms with van der Waals surface area (Å²) in [6.45, 7) is 3.15. The van der Waals surface area contributed by atoms with Crippen LogP contribution >= 0.6 is 0 Å². The number of hydroxylamine groups is 2. The lowest BCUT2D eigenvalue weighted by atomic mass is 10.3. The van der Waals surface area contributed by atoms with Crippen LogP contribution in [0, 0.1) is 0 Å². The number of rotatable bonds is 3. The number of nitrogens with zero attached hydrogens (tertiary/aromatic N) is 2. The second kappa shape index (κ2) is 5.16. The standard InChI is InChI=1S/C8H16N2O3/c1-12-7-8(11)9-3-5-10(13-2)6-4-9/h3-7H2,1-2H3. The molecule has 0 aliphatic carbocycles. The predicted molar refractivity (Wildman–Crippen MR) is 47.0 cm³/mol. The van der Waals surface area contributed by atoms with Gasteiger partial charge >= 0.3 is 0 Å². The van der Waals surface area contributed by atoms with E-state index >= 15 is 0 Å². The Morgan fingerprint density at radius 2 is 1.85 bits per heavy atom. The van der Waals surface area contributed by atoms with Crippen molar-refractivity contribution in [2.45, 2.75) is 0 Å². The molecule has 0 aromatic carbocycles. The summed E-state index contributed by atoms with van der Waals surface area (Å²) in [6.07, 6.45) is 0. The van der Waals surface area contributed by atoms with Gasteiger partial charge in [-0.2, -0.15) is 5.06 Å². The number of hydrogen-bond donors (Lipinski definition) is 0. The normalized spacial score (nSPS) is 19.1. The van der Waals surface area contributed by atoms with Crippen LogP contribution < -0.4 is 0 Å². The first-order valence-electron chi connectivity index (χ1n) is 4.33. The number of methoxy groups -OCH3 is 1. The first-order valence-corrected chi connectivity index (χ1v) is 4.33.